The van der Waals surface area contributed by atoms with E-state index >= 15 is 0 Å². The van der Waals surface area contributed by atoms with Crippen LogP contribution in [0.5, 0.6) is 0 Å². The second-order valence-corrected chi connectivity index (χ2v) is 5.21. The number of ether oxygens (including phenoxy) is 2. The number of hydrogen-bond donors (Lipinski definition) is 1. The van der Waals surface area contributed by atoms with E-state index in [1.807, 2.05) is 20.8 Å². The highest BCUT2D eigenvalue weighted by atomic mass is 16.6. The van der Waals surface area contributed by atoms with E-state index in [0.29, 0.717) is 6.42 Å². The SMILES string of the molecule is CCC(=O)OC1CCC1NC(=O)OC(C)(C)C. The topological polar surface area (TPSA) is 64.6 Å². The summed E-state index contributed by atoms with van der Waals surface area (Å²) in [6.45, 7) is 7.17. The third-order valence-electron chi connectivity index (χ3n) is 2.48. The minimum Gasteiger partial charge on any atom is -0.460 e. The second-order valence-electron chi connectivity index (χ2n) is 5.21. The van der Waals surface area contributed by atoms with Gasteiger partial charge in [0.25, 0.3) is 0 Å². The van der Waals surface area contributed by atoms with Crippen molar-refractivity contribution in [1.29, 1.82) is 0 Å². The molecule has 0 aromatic carbocycles. The highest BCUT2D eigenvalue weighted by Gasteiger charge is 2.35. The Hall–Kier alpha value is -1.26. The van der Waals surface area contributed by atoms with Crippen molar-refractivity contribution in [1.82, 2.24) is 5.32 Å². The third kappa shape index (κ3) is 4.63. The number of carbonyl (C=O) groups is 2. The van der Waals surface area contributed by atoms with E-state index in [9.17, 15) is 9.59 Å². The fourth-order valence-electron chi connectivity index (χ4n) is 1.49. The summed E-state index contributed by atoms with van der Waals surface area (Å²) >= 11 is 0. The molecule has 0 saturated heterocycles. The quantitative estimate of drug-likeness (QED) is 0.770. The van der Waals surface area contributed by atoms with E-state index < -0.39 is 11.7 Å². The van der Waals surface area contributed by atoms with Crippen LogP contribution in [0, 0.1) is 0 Å². The van der Waals surface area contributed by atoms with Gasteiger partial charge < -0.3 is 14.8 Å². The Kier molecular flexibility index (Phi) is 4.37. The van der Waals surface area contributed by atoms with Crippen LogP contribution in [0.25, 0.3) is 0 Å². The maximum Gasteiger partial charge on any atom is 0.408 e. The molecule has 1 N–H and O–H groups in total. The van der Waals surface area contributed by atoms with E-state index in [1.165, 1.54) is 0 Å². The molecular formula is C12H21NO4. The Balaban J connectivity index is 2.32. The van der Waals surface area contributed by atoms with Gasteiger partial charge in [-0.2, -0.15) is 0 Å². The van der Waals surface area contributed by atoms with Crippen LogP contribution in [-0.4, -0.2) is 29.8 Å². The predicted octanol–water partition coefficient (Wildman–Crippen LogP) is 2.00. The van der Waals surface area contributed by atoms with Crippen molar-refractivity contribution in [3.05, 3.63) is 0 Å². The zero-order chi connectivity index (χ0) is 13.1. The van der Waals surface area contributed by atoms with Gasteiger partial charge in [0, 0.05) is 6.42 Å². The van der Waals surface area contributed by atoms with E-state index in [2.05, 4.69) is 5.32 Å². The lowest BCUT2D eigenvalue weighted by Crippen LogP contribution is -2.53. The molecule has 98 valence electrons. The van der Waals surface area contributed by atoms with Crippen molar-refractivity contribution in [2.45, 2.75) is 64.7 Å². The molecule has 0 radical (unpaired) electrons. The molecule has 1 amide bonds. The molecular weight excluding hydrogens is 222 g/mol. The molecule has 0 aliphatic heterocycles. The molecule has 5 nitrogen and oxygen atoms in total. The molecule has 5 heteroatoms. The predicted molar refractivity (Wildman–Crippen MR) is 62.6 cm³/mol. The fraction of sp³-hybridized carbons (Fsp3) is 0.833. The van der Waals surface area contributed by atoms with Crippen molar-refractivity contribution >= 4 is 12.1 Å². The van der Waals surface area contributed by atoms with Crippen LogP contribution in [0.1, 0.15) is 47.0 Å². The summed E-state index contributed by atoms with van der Waals surface area (Å²) in [5.74, 6) is -0.231. The van der Waals surface area contributed by atoms with Gasteiger partial charge in [0.1, 0.15) is 11.7 Å². The Morgan fingerprint density at radius 2 is 1.94 bits per heavy atom. The largest absolute Gasteiger partial charge is 0.460 e. The lowest BCUT2D eigenvalue weighted by atomic mass is 9.89. The van der Waals surface area contributed by atoms with Gasteiger partial charge in [-0.05, 0) is 33.6 Å². The molecule has 2 atom stereocenters. The minimum atomic E-state index is -0.510. The Morgan fingerprint density at radius 3 is 2.35 bits per heavy atom. The van der Waals surface area contributed by atoms with Crippen molar-refractivity contribution in [3.8, 4) is 0 Å². The number of nitrogens with one attached hydrogen (secondary N) is 1. The smallest absolute Gasteiger partial charge is 0.408 e. The first-order valence-electron chi connectivity index (χ1n) is 6.01. The van der Waals surface area contributed by atoms with Gasteiger partial charge in [-0.1, -0.05) is 6.92 Å². The van der Waals surface area contributed by atoms with Crippen molar-refractivity contribution in [2.24, 2.45) is 0 Å². The van der Waals surface area contributed by atoms with Crippen LogP contribution in [0.3, 0.4) is 0 Å². The summed E-state index contributed by atoms with van der Waals surface area (Å²) in [5.41, 5.74) is -0.510. The number of rotatable bonds is 3. The number of hydrogen-bond acceptors (Lipinski definition) is 4. The molecule has 0 bridgehead atoms. The highest BCUT2D eigenvalue weighted by molar-refractivity contribution is 5.70. The lowest BCUT2D eigenvalue weighted by Gasteiger charge is -2.36. The normalized spacial score (nSPS) is 23.5. The second kappa shape index (κ2) is 5.38. The fourth-order valence-corrected chi connectivity index (χ4v) is 1.49. The summed E-state index contributed by atoms with van der Waals surface area (Å²) in [4.78, 5) is 22.6. The standard InChI is InChI=1S/C12H21NO4/c1-5-10(14)16-9-7-6-8(9)13-11(15)17-12(2,3)4/h8-9H,5-7H2,1-4H3,(H,13,15). The maximum atomic E-state index is 11.5. The zero-order valence-corrected chi connectivity index (χ0v) is 10.9. The van der Waals surface area contributed by atoms with Gasteiger partial charge in [-0.3, -0.25) is 4.79 Å². The van der Waals surface area contributed by atoms with Crippen LogP contribution < -0.4 is 5.32 Å². The van der Waals surface area contributed by atoms with Gasteiger partial charge in [0.05, 0.1) is 6.04 Å². The van der Waals surface area contributed by atoms with E-state index in [0.717, 1.165) is 12.8 Å². The molecule has 2 unspecified atom stereocenters. The van der Waals surface area contributed by atoms with Crippen molar-refractivity contribution in [3.63, 3.8) is 0 Å². The molecule has 1 fully saturated rings. The molecule has 0 aromatic heterocycles. The Bertz CT molecular complexity index is 295. The summed E-state index contributed by atoms with van der Waals surface area (Å²) < 4.78 is 10.3. The van der Waals surface area contributed by atoms with Crippen LogP contribution in [-0.2, 0) is 14.3 Å². The molecule has 1 aliphatic rings. The molecule has 0 spiro atoms. The number of esters is 1. The van der Waals surface area contributed by atoms with Crippen molar-refractivity contribution in [2.75, 3.05) is 0 Å². The first-order chi connectivity index (χ1) is 7.81. The summed E-state index contributed by atoms with van der Waals surface area (Å²) in [7, 11) is 0. The Morgan fingerprint density at radius 1 is 1.29 bits per heavy atom. The maximum absolute atomic E-state index is 11.5. The number of alkyl carbamates (subject to hydrolysis) is 1. The summed E-state index contributed by atoms with van der Waals surface area (Å²) in [6, 6.07) is -0.111. The number of carbonyl (C=O) groups excluding carboxylic acids is 2. The van der Waals surface area contributed by atoms with E-state index in [-0.39, 0.29) is 18.1 Å². The molecule has 0 aromatic rings. The summed E-state index contributed by atoms with van der Waals surface area (Å²) in [5, 5.41) is 2.71. The molecule has 17 heavy (non-hydrogen) atoms. The molecule has 1 saturated carbocycles. The number of amides is 1. The van der Waals surface area contributed by atoms with Gasteiger partial charge in [0.15, 0.2) is 0 Å². The molecule has 0 heterocycles. The monoisotopic (exact) mass is 243 g/mol. The van der Waals surface area contributed by atoms with E-state index in [4.69, 9.17) is 9.47 Å². The molecule has 1 aliphatic carbocycles. The van der Waals surface area contributed by atoms with Crippen LogP contribution in [0.2, 0.25) is 0 Å². The average Bonchev–Trinajstić information content (AvgIpc) is 2.18. The van der Waals surface area contributed by atoms with Crippen LogP contribution >= 0.6 is 0 Å². The van der Waals surface area contributed by atoms with Crippen LogP contribution in [0.15, 0.2) is 0 Å². The average molecular weight is 243 g/mol. The van der Waals surface area contributed by atoms with Gasteiger partial charge >= 0.3 is 12.1 Å². The van der Waals surface area contributed by atoms with Gasteiger partial charge in [0.2, 0.25) is 0 Å². The highest BCUT2D eigenvalue weighted by Crippen LogP contribution is 2.24. The first kappa shape index (κ1) is 13.8. The minimum absolute atomic E-state index is 0.111. The summed E-state index contributed by atoms with van der Waals surface area (Å²) in [6.07, 6.45) is 1.32. The first-order valence-corrected chi connectivity index (χ1v) is 6.01. The van der Waals surface area contributed by atoms with E-state index in [1.54, 1.807) is 6.92 Å². The van der Waals surface area contributed by atoms with Gasteiger partial charge in [-0.15, -0.1) is 0 Å². The Labute approximate surface area is 102 Å². The van der Waals surface area contributed by atoms with Crippen LogP contribution in [0.4, 0.5) is 4.79 Å². The zero-order valence-electron chi connectivity index (χ0n) is 10.9. The van der Waals surface area contributed by atoms with Crippen molar-refractivity contribution < 1.29 is 19.1 Å². The molecule has 1 rings (SSSR count). The lowest BCUT2D eigenvalue weighted by molar-refractivity contribution is -0.154. The third-order valence-corrected chi connectivity index (χ3v) is 2.48. The van der Waals surface area contributed by atoms with Gasteiger partial charge in [-0.25, -0.2) is 4.79 Å².